The van der Waals surface area contributed by atoms with Crippen LogP contribution in [0.1, 0.15) is 35.2 Å². The third-order valence-corrected chi connectivity index (χ3v) is 6.20. The first-order chi connectivity index (χ1) is 15.0. The van der Waals surface area contributed by atoms with Crippen molar-refractivity contribution in [1.29, 1.82) is 0 Å². The lowest BCUT2D eigenvalue weighted by Gasteiger charge is -2.44. The number of nitrogens with one attached hydrogen (secondary N) is 2. The van der Waals surface area contributed by atoms with Gasteiger partial charge in [-0.1, -0.05) is 18.2 Å². The molecule has 8 nitrogen and oxygen atoms in total. The van der Waals surface area contributed by atoms with E-state index in [0.29, 0.717) is 55.3 Å². The fourth-order valence-corrected chi connectivity index (χ4v) is 4.60. The molecule has 0 unspecified atom stereocenters. The lowest BCUT2D eigenvalue weighted by Crippen LogP contribution is -2.54. The maximum Gasteiger partial charge on any atom is 0.262 e. The molecule has 1 saturated heterocycles. The molecule has 0 aromatic heterocycles. The molecule has 3 aliphatic rings. The zero-order valence-electron chi connectivity index (χ0n) is 17.0. The van der Waals surface area contributed by atoms with E-state index in [9.17, 15) is 14.4 Å². The van der Waals surface area contributed by atoms with Gasteiger partial charge in [-0.25, -0.2) is 0 Å². The molecular weight excluding hydrogens is 398 g/mol. The van der Waals surface area contributed by atoms with Crippen LogP contribution in [0.5, 0.6) is 5.75 Å². The van der Waals surface area contributed by atoms with E-state index in [1.54, 1.807) is 18.2 Å². The summed E-state index contributed by atoms with van der Waals surface area (Å²) >= 11 is 0. The van der Waals surface area contributed by atoms with Gasteiger partial charge in [-0.05, 0) is 42.7 Å². The fraction of sp³-hybridized carbons (Fsp3) is 0.348. The number of fused-ring (bicyclic) bond motifs is 2. The maximum absolute atomic E-state index is 13.1. The highest BCUT2D eigenvalue weighted by molar-refractivity contribution is 6.00. The molecule has 31 heavy (non-hydrogen) atoms. The Kier molecular flexibility index (Phi) is 4.86. The summed E-state index contributed by atoms with van der Waals surface area (Å²) < 4.78 is 10.9. The van der Waals surface area contributed by atoms with E-state index in [2.05, 4.69) is 10.6 Å². The quantitative estimate of drug-likeness (QED) is 0.791. The predicted octanol–water partition coefficient (Wildman–Crippen LogP) is 2.55. The predicted molar refractivity (Wildman–Crippen MR) is 113 cm³/mol. The monoisotopic (exact) mass is 421 g/mol. The van der Waals surface area contributed by atoms with E-state index in [-0.39, 0.29) is 30.7 Å². The van der Waals surface area contributed by atoms with Crippen LogP contribution in [0.4, 0.5) is 11.4 Å². The lowest BCUT2D eigenvalue weighted by atomic mass is 9.84. The standard InChI is InChI=1S/C23H23N3O5/c27-20(24-16-5-6-19-18(11-16)25-21(28)14-31-19)12-23(7-9-30-10-8-23)26-13-15-3-1-2-4-17(15)22(26)29/h1-6,11H,7-10,12-14H2,(H,24,27)(H,25,28). The molecule has 2 aromatic rings. The molecule has 0 saturated carbocycles. The summed E-state index contributed by atoms with van der Waals surface area (Å²) in [5.74, 6) is 0.121. The molecule has 3 amide bonds. The highest BCUT2D eigenvalue weighted by atomic mass is 16.5. The second kappa shape index (κ2) is 7.70. The molecular formula is C23H23N3O5. The second-order valence-corrected chi connectivity index (χ2v) is 8.16. The van der Waals surface area contributed by atoms with Crippen LogP contribution in [-0.2, 0) is 20.9 Å². The molecule has 2 aromatic carbocycles. The molecule has 160 valence electrons. The Balaban J connectivity index is 1.35. The first-order valence-electron chi connectivity index (χ1n) is 10.4. The van der Waals surface area contributed by atoms with Crippen molar-refractivity contribution in [2.24, 2.45) is 0 Å². The van der Waals surface area contributed by atoms with Crippen LogP contribution in [0.2, 0.25) is 0 Å². The van der Waals surface area contributed by atoms with Crippen LogP contribution in [0.3, 0.4) is 0 Å². The third kappa shape index (κ3) is 3.63. The number of anilines is 2. The van der Waals surface area contributed by atoms with Crippen LogP contribution in [-0.4, -0.2) is 48.0 Å². The normalized spacial score (nSPS) is 19.2. The lowest BCUT2D eigenvalue weighted by molar-refractivity contribution is -0.121. The summed E-state index contributed by atoms with van der Waals surface area (Å²) in [5, 5.41) is 5.65. The van der Waals surface area contributed by atoms with Crippen LogP contribution < -0.4 is 15.4 Å². The topological polar surface area (TPSA) is 97.0 Å². The minimum Gasteiger partial charge on any atom is -0.482 e. The van der Waals surface area contributed by atoms with Crippen molar-refractivity contribution in [1.82, 2.24) is 4.90 Å². The Hall–Kier alpha value is -3.39. The summed E-state index contributed by atoms with van der Waals surface area (Å²) in [6, 6.07) is 12.7. The summed E-state index contributed by atoms with van der Waals surface area (Å²) in [6.07, 6.45) is 1.39. The minimum atomic E-state index is -0.593. The number of hydrogen-bond acceptors (Lipinski definition) is 5. The largest absolute Gasteiger partial charge is 0.482 e. The van der Waals surface area contributed by atoms with Crippen molar-refractivity contribution in [2.45, 2.75) is 31.3 Å². The van der Waals surface area contributed by atoms with E-state index in [1.165, 1.54) is 0 Å². The Morgan fingerprint density at radius 1 is 1.13 bits per heavy atom. The Morgan fingerprint density at radius 2 is 1.94 bits per heavy atom. The van der Waals surface area contributed by atoms with Gasteiger partial charge in [-0.2, -0.15) is 0 Å². The average molecular weight is 421 g/mol. The zero-order chi connectivity index (χ0) is 21.4. The fourth-order valence-electron chi connectivity index (χ4n) is 4.60. The number of carbonyl (C=O) groups excluding carboxylic acids is 3. The summed E-state index contributed by atoms with van der Waals surface area (Å²) in [6.45, 7) is 1.51. The van der Waals surface area contributed by atoms with Gasteiger partial charge < -0.3 is 25.0 Å². The third-order valence-electron chi connectivity index (χ3n) is 6.20. The van der Waals surface area contributed by atoms with E-state index in [0.717, 1.165) is 5.56 Å². The average Bonchev–Trinajstić information content (AvgIpc) is 3.11. The van der Waals surface area contributed by atoms with Crippen molar-refractivity contribution in [3.63, 3.8) is 0 Å². The molecule has 0 radical (unpaired) electrons. The zero-order valence-corrected chi connectivity index (χ0v) is 17.0. The van der Waals surface area contributed by atoms with Gasteiger partial charge in [0.15, 0.2) is 6.61 Å². The van der Waals surface area contributed by atoms with Crippen molar-refractivity contribution < 1.29 is 23.9 Å². The van der Waals surface area contributed by atoms with E-state index < -0.39 is 5.54 Å². The van der Waals surface area contributed by atoms with Crippen molar-refractivity contribution in [3.05, 3.63) is 53.6 Å². The van der Waals surface area contributed by atoms with Crippen LogP contribution in [0.15, 0.2) is 42.5 Å². The molecule has 8 heteroatoms. The molecule has 1 fully saturated rings. The van der Waals surface area contributed by atoms with Crippen LogP contribution in [0, 0.1) is 0 Å². The van der Waals surface area contributed by atoms with E-state index >= 15 is 0 Å². The van der Waals surface area contributed by atoms with Gasteiger partial charge in [0, 0.05) is 31.0 Å². The molecule has 0 bridgehead atoms. The van der Waals surface area contributed by atoms with Gasteiger partial charge in [0.1, 0.15) is 5.75 Å². The Morgan fingerprint density at radius 3 is 2.74 bits per heavy atom. The highest BCUT2D eigenvalue weighted by Gasteiger charge is 2.46. The van der Waals surface area contributed by atoms with Gasteiger partial charge in [0.2, 0.25) is 5.91 Å². The van der Waals surface area contributed by atoms with Crippen LogP contribution >= 0.6 is 0 Å². The number of amides is 3. The van der Waals surface area contributed by atoms with Gasteiger partial charge in [0.25, 0.3) is 11.8 Å². The van der Waals surface area contributed by atoms with E-state index in [1.807, 2.05) is 29.2 Å². The van der Waals surface area contributed by atoms with Crippen molar-refractivity contribution in [3.8, 4) is 5.75 Å². The molecule has 3 heterocycles. The van der Waals surface area contributed by atoms with Gasteiger partial charge >= 0.3 is 0 Å². The van der Waals surface area contributed by atoms with Crippen molar-refractivity contribution in [2.75, 3.05) is 30.5 Å². The molecule has 0 aliphatic carbocycles. The van der Waals surface area contributed by atoms with Gasteiger partial charge in [-0.3, -0.25) is 14.4 Å². The number of ether oxygens (including phenoxy) is 2. The maximum atomic E-state index is 13.1. The summed E-state index contributed by atoms with van der Waals surface area (Å²) in [7, 11) is 0. The van der Waals surface area contributed by atoms with Crippen LogP contribution in [0.25, 0.3) is 0 Å². The summed E-state index contributed by atoms with van der Waals surface area (Å²) in [4.78, 5) is 39.6. The number of nitrogens with zero attached hydrogens (tertiary/aromatic N) is 1. The molecule has 3 aliphatic heterocycles. The molecule has 0 atom stereocenters. The van der Waals surface area contributed by atoms with E-state index in [4.69, 9.17) is 9.47 Å². The SMILES string of the molecule is O=C(CC1(N2Cc3ccccc3C2=O)CCOCC1)Nc1ccc2c(c1)NC(=O)CO2. The number of carbonyl (C=O) groups is 3. The molecule has 0 spiro atoms. The number of rotatable bonds is 4. The summed E-state index contributed by atoms with van der Waals surface area (Å²) in [5.41, 5.74) is 2.19. The number of benzene rings is 2. The van der Waals surface area contributed by atoms with Crippen molar-refractivity contribution >= 4 is 29.1 Å². The first kappa shape index (κ1) is 19.6. The Bertz CT molecular complexity index is 1060. The smallest absolute Gasteiger partial charge is 0.262 e. The molecule has 5 rings (SSSR count). The molecule has 2 N–H and O–H groups in total. The Labute approximate surface area is 179 Å². The number of hydrogen-bond donors (Lipinski definition) is 2. The van der Waals surface area contributed by atoms with Gasteiger partial charge in [0.05, 0.1) is 17.6 Å². The second-order valence-electron chi connectivity index (χ2n) is 8.16. The van der Waals surface area contributed by atoms with Gasteiger partial charge in [-0.15, -0.1) is 0 Å². The highest BCUT2D eigenvalue weighted by Crippen LogP contribution is 2.38. The minimum absolute atomic E-state index is 0.0183. The first-order valence-corrected chi connectivity index (χ1v) is 10.4.